The Balaban J connectivity index is 2.02. The van der Waals surface area contributed by atoms with Crippen LogP contribution >= 0.6 is 0 Å². The summed E-state index contributed by atoms with van der Waals surface area (Å²) in [6.45, 7) is 0. The average molecular weight is 227 g/mol. The van der Waals surface area contributed by atoms with Gasteiger partial charge in [0.05, 0.1) is 0 Å². The van der Waals surface area contributed by atoms with Crippen LogP contribution in [0.2, 0.25) is 0 Å². The van der Waals surface area contributed by atoms with Gasteiger partial charge in [-0.15, -0.1) is 5.10 Å². The molecule has 0 saturated carbocycles. The number of nitrogens with zero attached hydrogens (tertiary/aromatic N) is 3. The molecular weight excluding hydrogens is 218 g/mol. The van der Waals surface area contributed by atoms with Gasteiger partial charge in [-0.2, -0.15) is 0 Å². The molecule has 0 aliphatic rings. The number of imidazole rings is 1. The summed E-state index contributed by atoms with van der Waals surface area (Å²) in [6.07, 6.45) is 0.636. The number of benzene rings is 1. The molecule has 0 bridgehead atoms. The lowest BCUT2D eigenvalue weighted by molar-refractivity contribution is 0.865. The number of aromatic amines is 2. The summed E-state index contributed by atoms with van der Waals surface area (Å²) in [6, 6.07) is 9.89. The van der Waals surface area contributed by atoms with Crippen molar-refractivity contribution in [2.75, 3.05) is 0 Å². The molecule has 6 nitrogen and oxygen atoms in total. The molecule has 1 aromatic carbocycles. The molecule has 0 aliphatic carbocycles. The summed E-state index contributed by atoms with van der Waals surface area (Å²) in [5, 5.41) is 9.48. The van der Waals surface area contributed by atoms with Crippen LogP contribution in [0, 0.1) is 0 Å². The van der Waals surface area contributed by atoms with Crippen LogP contribution in [0.25, 0.3) is 11.2 Å². The average Bonchev–Trinajstić information content (AvgIpc) is 2.74. The second-order valence-electron chi connectivity index (χ2n) is 3.69. The molecule has 17 heavy (non-hydrogen) atoms. The third-order valence-electron chi connectivity index (χ3n) is 2.47. The Labute approximate surface area is 95.7 Å². The predicted molar refractivity (Wildman–Crippen MR) is 61.6 cm³/mol. The zero-order chi connectivity index (χ0) is 11.7. The van der Waals surface area contributed by atoms with Gasteiger partial charge >= 0.3 is 0 Å². The topological polar surface area (TPSA) is 87.3 Å². The lowest BCUT2D eigenvalue weighted by Crippen LogP contribution is -2.09. The minimum absolute atomic E-state index is 0.304. The summed E-state index contributed by atoms with van der Waals surface area (Å²) >= 11 is 0. The quantitative estimate of drug-likeness (QED) is 0.672. The molecule has 3 aromatic rings. The van der Waals surface area contributed by atoms with Crippen LogP contribution < -0.4 is 5.56 Å². The first kappa shape index (κ1) is 9.71. The summed E-state index contributed by atoms with van der Waals surface area (Å²) in [7, 11) is 0. The first-order chi connectivity index (χ1) is 8.33. The smallest absolute Gasteiger partial charge is 0.293 e. The molecule has 0 aliphatic heterocycles. The summed E-state index contributed by atoms with van der Waals surface area (Å²) in [5.41, 5.74) is 1.53. The molecule has 2 heterocycles. The number of hydrogen-bond acceptors (Lipinski definition) is 4. The van der Waals surface area contributed by atoms with E-state index in [9.17, 15) is 4.79 Å². The standard InChI is InChI=1S/C11H9N5O/c17-11-9-10(14-16-15-11)13-8(12-9)6-7-4-2-1-3-5-7/h1-5H,6H2,(H2,12,13,14,15,17). The minimum Gasteiger partial charge on any atom is -0.336 e. The zero-order valence-corrected chi connectivity index (χ0v) is 8.84. The van der Waals surface area contributed by atoms with E-state index in [1.165, 1.54) is 0 Å². The van der Waals surface area contributed by atoms with Crippen molar-refractivity contribution in [1.29, 1.82) is 0 Å². The van der Waals surface area contributed by atoms with Crippen molar-refractivity contribution in [3.63, 3.8) is 0 Å². The van der Waals surface area contributed by atoms with E-state index in [2.05, 4.69) is 25.4 Å². The minimum atomic E-state index is -0.304. The number of aromatic nitrogens is 5. The molecule has 6 heteroatoms. The van der Waals surface area contributed by atoms with Crippen LogP contribution in [0.5, 0.6) is 0 Å². The van der Waals surface area contributed by atoms with Crippen LogP contribution in [-0.4, -0.2) is 25.4 Å². The molecule has 0 radical (unpaired) electrons. The number of H-pyrrole nitrogens is 2. The molecular formula is C11H9N5O. The van der Waals surface area contributed by atoms with Crippen molar-refractivity contribution in [2.45, 2.75) is 6.42 Å². The molecule has 0 spiro atoms. The van der Waals surface area contributed by atoms with Gasteiger partial charge in [0.15, 0.2) is 5.52 Å². The van der Waals surface area contributed by atoms with Gasteiger partial charge in [0.1, 0.15) is 5.82 Å². The van der Waals surface area contributed by atoms with Crippen molar-refractivity contribution in [1.82, 2.24) is 25.4 Å². The van der Waals surface area contributed by atoms with Crippen molar-refractivity contribution in [3.05, 3.63) is 52.1 Å². The van der Waals surface area contributed by atoms with Crippen LogP contribution in [0.4, 0.5) is 0 Å². The van der Waals surface area contributed by atoms with Gasteiger partial charge in [0.25, 0.3) is 5.56 Å². The molecule has 2 aromatic heterocycles. The number of hydrogen-bond donors (Lipinski definition) is 2. The molecule has 0 fully saturated rings. The third-order valence-corrected chi connectivity index (χ3v) is 2.47. The van der Waals surface area contributed by atoms with E-state index in [0.717, 1.165) is 5.56 Å². The fourth-order valence-electron chi connectivity index (χ4n) is 1.69. The largest absolute Gasteiger partial charge is 0.336 e. The number of nitrogens with one attached hydrogen (secondary N) is 2. The van der Waals surface area contributed by atoms with E-state index in [0.29, 0.717) is 23.4 Å². The Morgan fingerprint density at radius 2 is 2.00 bits per heavy atom. The Bertz CT molecular complexity index is 700. The first-order valence-corrected chi connectivity index (χ1v) is 5.17. The van der Waals surface area contributed by atoms with Gasteiger partial charge in [-0.25, -0.2) is 10.1 Å². The summed E-state index contributed by atoms with van der Waals surface area (Å²) in [4.78, 5) is 18.6. The van der Waals surface area contributed by atoms with Crippen LogP contribution in [0.1, 0.15) is 11.4 Å². The second-order valence-corrected chi connectivity index (χ2v) is 3.69. The van der Waals surface area contributed by atoms with Crippen LogP contribution in [0.3, 0.4) is 0 Å². The van der Waals surface area contributed by atoms with Crippen LogP contribution in [0.15, 0.2) is 35.1 Å². The van der Waals surface area contributed by atoms with Gasteiger partial charge in [0.2, 0.25) is 5.65 Å². The molecule has 84 valence electrons. The number of fused-ring (bicyclic) bond motifs is 1. The van der Waals surface area contributed by atoms with Crippen molar-refractivity contribution in [2.24, 2.45) is 0 Å². The SMILES string of the molecule is O=c1[nH]nnc2nc(Cc3ccccc3)[nH]c12. The lowest BCUT2D eigenvalue weighted by atomic mass is 10.1. The molecule has 0 amide bonds. The maximum absolute atomic E-state index is 11.4. The monoisotopic (exact) mass is 227 g/mol. The highest BCUT2D eigenvalue weighted by molar-refractivity contribution is 5.68. The van der Waals surface area contributed by atoms with E-state index < -0.39 is 0 Å². The number of rotatable bonds is 2. The Morgan fingerprint density at radius 3 is 2.76 bits per heavy atom. The normalized spacial score (nSPS) is 10.8. The highest BCUT2D eigenvalue weighted by atomic mass is 16.1. The maximum atomic E-state index is 11.4. The molecule has 2 N–H and O–H groups in total. The third kappa shape index (κ3) is 1.80. The van der Waals surface area contributed by atoms with Crippen molar-refractivity contribution < 1.29 is 0 Å². The lowest BCUT2D eigenvalue weighted by Gasteiger charge is -1.95. The summed E-state index contributed by atoms with van der Waals surface area (Å²) < 4.78 is 0. The fourth-order valence-corrected chi connectivity index (χ4v) is 1.69. The Kier molecular flexibility index (Phi) is 2.18. The van der Waals surface area contributed by atoms with E-state index >= 15 is 0 Å². The highest BCUT2D eigenvalue weighted by Gasteiger charge is 2.07. The van der Waals surface area contributed by atoms with Crippen LogP contribution in [-0.2, 0) is 6.42 Å². The van der Waals surface area contributed by atoms with E-state index in [-0.39, 0.29) is 5.56 Å². The molecule has 0 unspecified atom stereocenters. The summed E-state index contributed by atoms with van der Waals surface area (Å²) in [5.74, 6) is 0.706. The van der Waals surface area contributed by atoms with Gasteiger partial charge in [0, 0.05) is 6.42 Å². The molecule has 3 rings (SSSR count). The zero-order valence-electron chi connectivity index (χ0n) is 8.84. The van der Waals surface area contributed by atoms with Gasteiger partial charge in [-0.1, -0.05) is 35.5 Å². The fraction of sp³-hybridized carbons (Fsp3) is 0.0909. The Morgan fingerprint density at radius 1 is 1.18 bits per heavy atom. The second kappa shape index (κ2) is 3.82. The molecule has 0 atom stereocenters. The van der Waals surface area contributed by atoms with Gasteiger partial charge < -0.3 is 4.98 Å². The van der Waals surface area contributed by atoms with E-state index in [1.807, 2.05) is 30.3 Å². The Hall–Kier alpha value is -2.50. The van der Waals surface area contributed by atoms with Gasteiger partial charge in [-0.3, -0.25) is 4.79 Å². The first-order valence-electron chi connectivity index (χ1n) is 5.17. The van der Waals surface area contributed by atoms with Gasteiger partial charge in [-0.05, 0) is 5.56 Å². The van der Waals surface area contributed by atoms with Crippen molar-refractivity contribution >= 4 is 11.2 Å². The predicted octanol–water partition coefficient (Wildman–Crippen LogP) is 0.632. The van der Waals surface area contributed by atoms with Crippen molar-refractivity contribution in [3.8, 4) is 0 Å². The highest BCUT2D eigenvalue weighted by Crippen LogP contribution is 2.08. The maximum Gasteiger partial charge on any atom is 0.293 e. The molecule has 0 saturated heterocycles. The van der Waals surface area contributed by atoms with E-state index in [4.69, 9.17) is 0 Å². The van der Waals surface area contributed by atoms with E-state index in [1.54, 1.807) is 0 Å².